The number of nitriles is 1. The van der Waals surface area contributed by atoms with Gasteiger partial charge in [-0.3, -0.25) is 0 Å². The SMILES string of the molecule is C=C(C)Cn1nnc(C#N)c1-c1ccco1. The Hall–Kier alpha value is -2.35. The van der Waals surface area contributed by atoms with Gasteiger partial charge >= 0.3 is 0 Å². The predicted molar refractivity (Wildman–Crippen MR) is 57.3 cm³/mol. The van der Waals surface area contributed by atoms with Gasteiger partial charge in [-0.25, -0.2) is 4.68 Å². The van der Waals surface area contributed by atoms with Crippen LogP contribution >= 0.6 is 0 Å². The molecule has 0 saturated heterocycles. The summed E-state index contributed by atoms with van der Waals surface area (Å²) in [4.78, 5) is 0. The van der Waals surface area contributed by atoms with E-state index in [0.29, 0.717) is 18.0 Å². The Labute approximate surface area is 92.6 Å². The van der Waals surface area contributed by atoms with Crippen molar-refractivity contribution in [3.63, 3.8) is 0 Å². The van der Waals surface area contributed by atoms with Crippen LogP contribution in [0.15, 0.2) is 35.0 Å². The molecule has 0 saturated carbocycles. The lowest BCUT2D eigenvalue weighted by atomic mass is 10.2. The Kier molecular flexibility index (Phi) is 2.56. The molecule has 0 unspecified atom stereocenters. The van der Waals surface area contributed by atoms with Crippen LogP contribution in [0.3, 0.4) is 0 Å². The lowest BCUT2D eigenvalue weighted by molar-refractivity contribution is 0.565. The van der Waals surface area contributed by atoms with Gasteiger partial charge in [-0.1, -0.05) is 17.4 Å². The van der Waals surface area contributed by atoms with Crippen molar-refractivity contribution in [1.29, 1.82) is 5.26 Å². The Bertz CT molecular complexity index is 545. The molecule has 5 heteroatoms. The van der Waals surface area contributed by atoms with Crippen LogP contribution in [-0.4, -0.2) is 15.0 Å². The molecule has 0 bridgehead atoms. The van der Waals surface area contributed by atoms with E-state index in [-0.39, 0.29) is 5.69 Å². The van der Waals surface area contributed by atoms with Gasteiger partial charge in [0.15, 0.2) is 11.5 Å². The molecule has 0 N–H and O–H groups in total. The maximum absolute atomic E-state index is 8.93. The summed E-state index contributed by atoms with van der Waals surface area (Å²) < 4.78 is 6.87. The minimum absolute atomic E-state index is 0.260. The summed E-state index contributed by atoms with van der Waals surface area (Å²) in [6, 6.07) is 5.52. The van der Waals surface area contributed by atoms with Crippen LogP contribution in [0.25, 0.3) is 11.5 Å². The topological polar surface area (TPSA) is 67.6 Å². The average Bonchev–Trinajstić information content (AvgIpc) is 2.84. The highest BCUT2D eigenvalue weighted by Gasteiger charge is 2.16. The molecule has 0 spiro atoms. The zero-order chi connectivity index (χ0) is 11.5. The average molecular weight is 214 g/mol. The van der Waals surface area contributed by atoms with E-state index in [2.05, 4.69) is 16.9 Å². The first-order valence-electron chi connectivity index (χ1n) is 4.74. The largest absolute Gasteiger partial charge is 0.463 e. The molecule has 0 amide bonds. The number of rotatable bonds is 3. The summed E-state index contributed by atoms with van der Waals surface area (Å²) in [6.07, 6.45) is 1.55. The van der Waals surface area contributed by atoms with Gasteiger partial charge in [-0.05, 0) is 19.1 Å². The number of furan rings is 1. The highest BCUT2D eigenvalue weighted by molar-refractivity contribution is 5.59. The number of allylic oxidation sites excluding steroid dienone is 1. The molecular weight excluding hydrogens is 204 g/mol. The van der Waals surface area contributed by atoms with Crippen molar-refractivity contribution >= 4 is 0 Å². The lowest BCUT2D eigenvalue weighted by Gasteiger charge is -2.03. The van der Waals surface area contributed by atoms with E-state index in [1.54, 1.807) is 23.1 Å². The second-order valence-corrected chi connectivity index (χ2v) is 3.49. The molecule has 0 aliphatic rings. The Morgan fingerprint density at radius 3 is 3.06 bits per heavy atom. The molecule has 0 aromatic carbocycles. The molecule has 0 aliphatic heterocycles. The number of hydrogen-bond donors (Lipinski definition) is 0. The van der Waals surface area contributed by atoms with Gasteiger partial charge in [0.1, 0.15) is 11.8 Å². The van der Waals surface area contributed by atoms with Gasteiger partial charge in [0.25, 0.3) is 0 Å². The summed E-state index contributed by atoms with van der Waals surface area (Å²) >= 11 is 0. The van der Waals surface area contributed by atoms with Crippen LogP contribution in [0.2, 0.25) is 0 Å². The lowest BCUT2D eigenvalue weighted by Crippen LogP contribution is -2.03. The Morgan fingerprint density at radius 1 is 1.69 bits per heavy atom. The highest BCUT2D eigenvalue weighted by atomic mass is 16.3. The van der Waals surface area contributed by atoms with E-state index in [1.165, 1.54) is 0 Å². The van der Waals surface area contributed by atoms with Crippen molar-refractivity contribution in [3.05, 3.63) is 36.2 Å². The zero-order valence-corrected chi connectivity index (χ0v) is 8.84. The van der Waals surface area contributed by atoms with Gasteiger partial charge in [0, 0.05) is 0 Å². The summed E-state index contributed by atoms with van der Waals surface area (Å²) in [5, 5.41) is 16.6. The first-order chi connectivity index (χ1) is 7.72. The van der Waals surface area contributed by atoms with Crippen molar-refractivity contribution in [2.24, 2.45) is 0 Å². The summed E-state index contributed by atoms with van der Waals surface area (Å²) in [5.74, 6) is 0.586. The Balaban J connectivity index is 2.52. The summed E-state index contributed by atoms with van der Waals surface area (Å²) in [5.41, 5.74) is 1.79. The van der Waals surface area contributed by atoms with Gasteiger partial charge in [0.2, 0.25) is 0 Å². The third kappa shape index (κ3) is 1.73. The molecular formula is C11H10N4O. The monoisotopic (exact) mass is 214 g/mol. The van der Waals surface area contributed by atoms with E-state index in [9.17, 15) is 0 Å². The van der Waals surface area contributed by atoms with Gasteiger partial charge in [0.05, 0.1) is 12.8 Å². The molecule has 80 valence electrons. The van der Waals surface area contributed by atoms with Gasteiger partial charge in [-0.15, -0.1) is 5.10 Å². The minimum atomic E-state index is 0.260. The van der Waals surface area contributed by atoms with Crippen LogP contribution in [0.1, 0.15) is 12.6 Å². The molecule has 16 heavy (non-hydrogen) atoms. The first kappa shape index (κ1) is 10.2. The van der Waals surface area contributed by atoms with E-state index in [4.69, 9.17) is 9.68 Å². The third-order valence-electron chi connectivity index (χ3n) is 2.02. The number of hydrogen-bond acceptors (Lipinski definition) is 4. The Morgan fingerprint density at radius 2 is 2.50 bits per heavy atom. The van der Waals surface area contributed by atoms with Crippen LogP contribution in [0.5, 0.6) is 0 Å². The smallest absolute Gasteiger partial charge is 0.193 e. The normalized spacial score (nSPS) is 10.0. The molecule has 0 atom stereocenters. The van der Waals surface area contributed by atoms with E-state index in [0.717, 1.165) is 5.57 Å². The van der Waals surface area contributed by atoms with E-state index in [1.807, 2.05) is 13.0 Å². The number of nitrogens with zero attached hydrogens (tertiary/aromatic N) is 4. The molecule has 2 rings (SSSR count). The van der Waals surface area contributed by atoms with Crippen molar-refractivity contribution < 1.29 is 4.42 Å². The first-order valence-corrected chi connectivity index (χ1v) is 4.74. The fourth-order valence-electron chi connectivity index (χ4n) is 1.41. The third-order valence-corrected chi connectivity index (χ3v) is 2.02. The maximum Gasteiger partial charge on any atom is 0.193 e. The van der Waals surface area contributed by atoms with Gasteiger partial charge < -0.3 is 4.42 Å². The minimum Gasteiger partial charge on any atom is -0.463 e. The van der Waals surface area contributed by atoms with Crippen LogP contribution in [0.4, 0.5) is 0 Å². The van der Waals surface area contributed by atoms with Crippen molar-refractivity contribution in [3.8, 4) is 17.5 Å². The number of aromatic nitrogens is 3. The molecule has 0 radical (unpaired) electrons. The molecule has 2 aromatic heterocycles. The maximum atomic E-state index is 8.93. The van der Waals surface area contributed by atoms with Crippen LogP contribution in [-0.2, 0) is 6.54 Å². The van der Waals surface area contributed by atoms with Crippen LogP contribution < -0.4 is 0 Å². The quantitative estimate of drug-likeness (QED) is 0.732. The summed E-state index contributed by atoms with van der Waals surface area (Å²) in [6.45, 7) is 6.21. The molecule has 0 aliphatic carbocycles. The van der Waals surface area contributed by atoms with E-state index >= 15 is 0 Å². The fraction of sp³-hybridized carbons (Fsp3) is 0.182. The fourth-order valence-corrected chi connectivity index (χ4v) is 1.41. The van der Waals surface area contributed by atoms with E-state index < -0.39 is 0 Å². The second-order valence-electron chi connectivity index (χ2n) is 3.49. The van der Waals surface area contributed by atoms with Crippen LogP contribution in [0, 0.1) is 11.3 Å². The molecule has 5 nitrogen and oxygen atoms in total. The standard InChI is InChI=1S/C11H10N4O/c1-8(2)7-15-11(9(6-12)13-14-15)10-4-3-5-16-10/h3-5H,1,7H2,2H3. The predicted octanol–water partition coefficient (Wildman–Crippen LogP) is 1.99. The highest BCUT2D eigenvalue weighted by Crippen LogP contribution is 2.22. The van der Waals surface area contributed by atoms with Crippen molar-refractivity contribution in [2.45, 2.75) is 13.5 Å². The molecule has 0 fully saturated rings. The molecule has 2 aromatic rings. The summed E-state index contributed by atoms with van der Waals surface area (Å²) in [7, 11) is 0. The van der Waals surface area contributed by atoms with Crippen molar-refractivity contribution in [1.82, 2.24) is 15.0 Å². The van der Waals surface area contributed by atoms with Crippen molar-refractivity contribution in [2.75, 3.05) is 0 Å². The second kappa shape index (κ2) is 4.03. The zero-order valence-electron chi connectivity index (χ0n) is 8.84. The van der Waals surface area contributed by atoms with Gasteiger partial charge in [-0.2, -0.15) is 5.26 Å². The molecule has 2 heterocycles.